The molecule has 0 saturated carbocycles. The summed E-state index contributed by atoms with van der Waals surface area (Å²) in [5.74, 6) is 0. The molecule has 0 radical (unpaired) electrons. The maximum Gasteiger partial charge on any atom is 0.0474 e. The molecule has 1 N–H and O–H groups in total. The van der Waals surface area contributed by atoms with Gasteiger partial charge in [0.1, 0.15) is 0 Å². The molecule has 0 aliphatic heterocycles. The van der Waals surface area contributed by atoms with Crippen LogP contribution in [0.25, 0.3) is 0 Å². The van der Waals surface area contributed by atoms with Gasteiger partial charge in [0.05, 0.1) is 0 Å². The van der Waals surface area contributed by atoms with Crippen LogP contribution in [0.15, 0.2) is 24.4 Å². The average Bonchev–Trinajstić information content (AvgIpc) is 2.25. The Kier molecular flexibility index (Phi) is 5.95. The lowest BCUT2D eigenvalue weighted by atomic mass is 10.3. The van der Waals surface area contributed by atoms with E-state index in [1.54, 1.807) is 7.11 Å². The third kappa shape index (κ3) is 4.94. The molecule has 0 aromatic carbocycles. The van der Waals surface area contributed by atoms with Gasteiger partial charge in [0.15, 0.2) is 0 Å². The molecule has 0 unspecified atom stereocenters. The van der Waals surface area contributed by atoms with Gasteiger partial charge < -0.3 is 10.1 Å². The lowest BCUT2D eigenvalue weighted by Crippen LogP contribution is -2.19. The standard InChI is InChI=1S/C11H18N2O/c1-14-10-4-7-12-9-6-11-5-2-3-8-13-11/h2-3,5,8,12H,4,6-7,9-10H2,1H3. The summed E-state index contributed by atoms with van der Waals surface area (Å²) < 4.78 is 4.95. The van der Waals surface area contributed by atoms with Gasteiger partial charge in [-0.2, -0.15) is 0 Å². The van der Waals surface area contributed by atoms with E-state index < -0.39 is 0 Å². The van der Waals surface area contributed by atoms with Crippen molar-refractivity contribution in [3.63, 3.8) is 0 Å². The highest BCUT2D eigenvalue weighted by atomic mass is 16.5. The van der Waals surface area contributed by atoms with Crippen molar-refractivity contribution in [2.24, 2.45) is 0 Å². The van der Waals surface area contributed by atoms with Crippen molar-refractivity contribution in [3.05, 3.63) is 30.1 Å². The highest BCUT2D eigenvalue weighted by molar-refractivity contribution is 5.03. The van der Waals surface area contributed by atoms with Crippen LogP contribution in [0, 0.1) is 0 Å². The number of ether oxygens (including phenoxy) is 1. The third-order valence-electron chi connectivity index (χ3n) is 1.99. The van der Waals surface area contributed by atoms with E-state index in [0.717, 1.165) is 38.2 Å². The number of rotatable bonds is 7. The van der Waals surface area contributed by atoms with Gasteiger partial charge in [-0.1, -0.05) is 6.07 Å². The zero-order valence-electron chi connectivity index (χ0n) is 8.70. The zero-order chi connectivity index (χ0) is 10.1. The predicted octanol–water partition coefficient (Wildman–Crippen LogP) is 1.25. The van der Waals surface area contributed by atoms with Gasteiger partial charge in [0.2, 0.25) is 0 Å². The first-order valence-electron chi connectivity index (χ1n) is 5.03. The molecule has 0 aliphatic carbocycles. The van der Waals surface area contributed by atoms with E-state index in [2.05, 4.69) is 16.4 Å². The van der Waals surface area contributed by atoms with Gasteiger partial charge in [-0.25, -0.2) is 0 Å². The number of hydrogen-bond acceptors (Lipinski definition) is 3. The van der Waals surface area contributed by atoms with Crippen LogP contribution in [0.5, 0.6) is 0 Å². The van der Waals surface area contributed by atoms with Gasteiger partial charge >= 0.3 is 0 Å². The molecule has 1 heterocycles. The fourth-order valence-electron chi connectivity index (χ4n) is 1.23. The van der Waals surface area contributed by atoms with E-state index in [-0.39, 0.29) is 0 Å². The number of nitrogens with zero attached hydrogens (tertiary/aromatic N) is 1. The van der Waals surface area contributed by atoms with Gasteiger partial charge in [-0.15, -0.1) is 0 Å². The minimum Gasteiger partial charge on any atom is -0.385 e. The summed E-state index contributed by atoms with van der Waals surface area (Å²) in [7, 11) is 1.73. The van der Waals surface area contributed by atoms with Crippen LogP contribution in [0.2, 0.25) is 0 Å². The summed E-state index contributed by atoms with van der Waals surface area (Å²) in [6.07, 6.45) is 3.90. The van der Waals surface area contributed by atoms with E-state index in [1.807, 2.05) is 18.3 Å². The van der Waals surface area contributed by atoms with Crippen molar-refractivity contribution in [2.75, 3.05) is 26.8 Å². The van der Waals surface area contributed by atoms with Gasteiger partial charge in [0.25, 0.3) is 0 Å². The Hall–Kier alpha value is -0.930. The van der Waals surface area contributed by atoms with Gasteiger partial charge in [-0.3, -0.25) is 4.98 Å². The summed E-state index contributed by atoms with van der Waals surface area (Å²) in [5, 5.41) is 3.35. The summed E-state index contributed by atoms with van der Waals surface area (Å²) in [4.78, 5) is 4.25. The Bertz CT molecular complexity index is 226. The Balaban J connectivity index is 1.99. The summed E-state index contributed by atoms with van der Waals surface area (Å²) >= 11 is 0. The smallest absolute Gasteiger partial charge is 0.0474 e. The first kappa shape index (κ1) is 11.1. The van der Waals surface area contributed by atoms with E-state index in [0.29, 0.717) is 0 Å². The predicted molar refractivity (Wildman–Crippen MR) is 57.3 cm³/mol. The third-order valence-corrected chi connectivity index (χ3v) is 1.99. The number of hydrogen-bond donors (Lipinski definition) is 1. The molecule has 1 aromatic rings. The topological polar surface area (TPSA) is 34.1 Å². The molecule has 14 heavy (non-hydrogen) atoms. The largest absolute Gasteiger partial charge is 0.385 e. The second-order valence-electron chi connectivity index (χ2n) is 3.17. The normalized spacial score (nSPS) is 10.4. The van der Waals surface area contributed by atoms with Crippen molar-refractivity contribution in [2.45, 2.75) is 12.8 Å². The fraction of sp³-hybridized carbons (Fsp3) is 0.545. The maximum absolute atomic E-state index is 4.95. The molecular weight excluding hydrogens is 176 g/mol. The molecule has 0 amide bonds. The maximum atomic E-state index is 4.95. The molecule has 0 fully saturated rings. The number of pyridine rings is 1. The van der Waals surface area contributed by atoms with E-state index in [1.165, 1.54) is 0 Å². The monoisotopic (exact) mass is 194 g/mol. The molecular formula is C11H18N2O. The Morgan fingerprint density at radius 2 is 2.29 bits per heavy atom. The molecule has 0 bridgehead atoms. The first-order chi connectivity index (χ1) is 6.93. The molecule has 78 valence electrons. The zero-order valence-corrected chi connectivity index (χ0v) is 8.70. The highest BCUT2D eigenvalue weighted by Gasteiger charge is 1.92. The van der Waals surface area contributed by atoms with Crippen LogP contribution >= 0.6 is 0 Å². The van der Waals surface area contributed by atoms with Crippen molar-refractivity contribution in [1.82, 2.24) is 10.3 Å². The minimum absolute atomic E-state index is 0.830. The molecule has 1 aromatic heterocycles. The molecule has 3 heteroatoms. The number of methoxy groups -OCH3 is 1. The first-order valence-corrected chi connectivity index (χ1v) is 5.03. The molecule has 1 rings (SSSR count). The number of nitrogens with one attached hydrogen (secondary N) is 1. The van der Waals surface area contributed by atoms with Crippen LogP contribution < -0.4 is 5.32 Å². The molecule has 0 saturated heterocycles. The SMILES string of the molecule is COCCCNCCc1ccccn1. The van der Waals surface area contributed by atoms with Crippen molar-refractivity contribution in [3.8, 4) is 0 Å². The van der Waals surface area contributed by atoms with Crippen molar-refractivity contribution in [1.29, 1.82) is 0 Å². The second kappa shape index (κ2) is 7.47. The van der Waals surface area contributed by atoms with Crippen LogP contribution in [0.1, 0.15) is 12.1 Å². The summed E-state index contributed by atoms with van der Waals surface area (Å²) in [6.45, 7) is 2.83. The second-order valence-corrected chi connectivity index (χ2v) is 3.17. The van der Waals surface area contributed by atoms with Gasteiger partial charge in [0, 0.05) is 38.6 Å². The molecule has 0 spiro atoms. The molecule has 0 atom stereocenters. The number of aromatic nitrogens is 1. The fourth-order valence-corrected chi connectivity index (χ4v) is 1.23. The quantitative estimate of drug-likeness (QED) is 0.663. The van der Waals surface area contributed by atoms with E-state index in [4.69, 9.17) is 4.74 Å². The van der Waals surface area contributed by atoms with Gasteiger partial charge in [-0.05, 0) is 25.1 Å². The van der Waals surface area contributed by atoms with E-state index >= 15 is 0 Å². The Morgan fingerprint density at radius 1 is 1.36 bits per heavy atom. The van der Waals surface area contributed by atoms with Crippen LogP contribution in [0.3, 0.4) is 0 Å². The van der Waals surface area contributed by atoms with Crippen LogP contribution in [-0.2, 0) is 11.2 Å². The van der Waals surface area contributed by atoms with Crippen molar-refractivity contribution >= 4 is 0 Å². The molecule has 0 aliphatic rings. The minimum atomic E-state index is 0.830. The van der Waals surface area contributed by atoms with Crippen LogP contribution in [-0.4, -0.2) is 31.8 Å². The van der Waals surface area contributed by atoms with Crippen LogP contribution in [0.4, 0.5) is 0 Å². The highest BCUT2D eigenvalue weighted by Crippen LogP contribution is 1.92. The van der Waals surface area contributed by atoms with Crippen molar-refractivity contribution < 1.29 is 4.74 Å². The summed E-state index contributed by atoms with van der Waals surface area (Å²) in [5.41, 5.74) is 1.15. The lowest BCUT2D eigenvalue weighted by molar-refractivity contribution is 0.194. The summed E-state index contributed by atoms with van der Waals surface area (Å²) in [6, 6.07) is 6.01. The lowest BCUT2D eigenvalue weighted by Gasteiger charge is -2.03. The Labute approximate surface area is 85.5 Å². The average molecular weight is 194 g/mol. The molecule has 3 nitrogen and oxygen atoms in total. The van der Waals surface area contributed by atoms with E-state index in [9.17, 15) is 0 Å². The Morgan fingerprint density at radius 3 is 3.00 bits per heavy atom.